The molecule has 0 spiro atoms. The molecule has 0 bridgehead atoms. The van der Waals surface area contributed by atoms with Crippen molar-refractivity contribution < 1.29 is 14.7 Å². The van der Waals surface area contributed by atoms with Gasteiger partial charge in [-0.2, -0.15) is 0 Å². The van der Waals surface area contributed by atoms with Crippen LogP contribution < -0.4 is 5.32 Å². The maximum absolute atomic E-state index is 12.6. The summed E-state index contributed by atoms with van der Waals surface area (Å²) in [6.07, 6.45) is 1.69. The first-order chi connectivity index (χ1) is 11.8. The van der Waals surface area contributed by atoms with E-state index in [2.05, 4.69) is 32.2 Å². The standard InChI is InChI=1S/C20H28N2O3/c1-13-8-14(12-23)11-22(10-13)19(25)18(24)21-17-9-20(2,3)16-7-5-4-6-15(16)17/h4-7,13-14,17,23H,8-12H2,1-3H3,(H,21,24). The van der Waals surface area contributed by atoms with Crippen LogP contribution in [0.2, 0.25) is 0 Å². The largest absolute Gasteiger partial charge is 0.396 e. The Labute approximate surface area is 149 Å². The highest BCUT2D eigenvalue weighted by atomic mass is 16.3. The van der Waals surface area contributed by atoms with Crippen LogP contribution in [0.15, 0.2) is 24.3 Å². The SMILES string of the molecule is CC1CC(CO)CN(C(=O)C(=O)NC2CC(C)(C)c3ccccc32)C1. The quantitative estimate of drug-likeness (QED) is 0.806. The van der Waals surface area contributed by atoms with E-state index in [0.29, 0.717) is 19.0 Å². The van der Waals surface area contributed by atoms with Crippen LogP contribution in [0.25, 0.3) is 0 Å². The molecule has 2 aliphatic rings. The molecule has 25 heavy (non-hydrogen) atoms. The molecule has 0 radical (unpaired) electrons. The zero-order valence-electron chi connectivity index (χ0n) is 15.3. The van der Waals surface area contributed by atoms with Crippen molar-refractivity contribution >= 4 is 11.8 Å². The van der Waals surface area contributed by atoms with E-state index in [4.69, 9.17) is 0 Å². The molecule has 5 nitrogen and oxygen atoms in total. The molecule has 3 atom stereocenters. The van der Waals surface area contributed by atoms with Crippen LogP contribution in [0.5, 0.6) is 0 Å². The molecule has 136 valence electrons. The number of likely N-dealkylation sites (tertiary alicyclic amines) is 1. The summed E-state index contributed by atoms with van der Waals surface area (Å²) >= 11 is 0. The lowest BCUT2D eigenvalue weighted by molar-refractivity contribution is -0.148. The topological polar surface area (TPSA) is 69.6 Å². The van der Waals surface area contributed by atoms with Gasteiger partial charge in [0.2, 0.25) is 0 Å². The molecule has 1 aliphatic carbocycles. The summed E-state index contributed by atoms with van der Waals surface area (Å²) in [6.45, 7) is 7.47. The molecule has 0 aromatic heterocycles. The third kappa shape index (κ3) is 3.56. The molecule has 1 saturated heterocycles. The number of hydrogen-bond acceptors (Lipinski definition) is 3. The smallest absolute Gasteiger partial charge is 0.311 e. The molecule has 2 amide bonds. The predicted molar refractivity (Wildman–Crippen MR) is 95.9 cm³/mol. The Bertz CT molecular complexity index is 671. The highest BCUT2D eigenvalue weighted by Crippen LogP contribution is 2.44. The Kier molecular flexibility index (Phi) is 4.87. The highest BCUT2D eigenvalue weighted by Gasteiger charge is 2.39. The summed E-state index contributed by atoms with van der Waals surface area (Å²) in [7, 11) is 0. The predicted octanol–water partition coefficient (Wildman–Crippen LogP) is 2.00. The third-order valence-corrected chi connectivity index (χ3v) is 5.57. The molecular formula is C20H28N2O3. The maximum atomic E-state index is 12.6. The van der Waals surface area contributed by atoms with Crippen molar-refractivity contribution in [3.05, 3.63) is 35.4 Å². The Morgan fingerprint density at radius 1 is 1.28 bits per heavy atom. The molecule has 1 fully saturated rings. The van der Waals surface area contributed by atoms with Gasteiger partial charge in [-0.1, -0.05) is 45.0 Å². The van der Waals surface area contributed by atoms with Gasteiger partial charge < -0.3 is 15.3 Å². The fraction of sp³-hybridized carbons (Fsp3) is 0.600. The summed E-state index contributed by atoms with van der Waals surface area (Å²) < 4.78 is 0. The molecule has 1 aliphatic heterocycles. The number of fused-ring (bicyclic) bond motifs is 1. The van der Waals surface area contributed by atoms with Crippen LogP contribution in [0, 0.1) is 11.8 Å². The Morgan fingerprint density at radius 3 is 2.72 bits per heavy atom. The van der Waals surface area contributed by atoms with Gasteiger partial charge in [-0.25, -0.2) is 0 Å². The van der Waals surface area contributed by atoms with Gasteiger partial charge in [0.25, 0.3) is 0 Å². The number of nitrogens with zero attached hydrogens (tertiary/aromatic N) is 1. The lowest BCUT2D eigenvalue weighted by Crippen LogP contribution is -2.50. The second-order valence-electron chi connectivity index (χ2n) is 8.30. The number of carbonyl (C=O) groups is 2. The van der Waals surface area contributed by atoms with E-state index in [1.54, 1.807) is 4.90 Å². The van der Waals surface area contributed by atoms with Gasteiger partial charge in [-0.05, 0) is 41.2 Å². The molecular weight excluding hydrogens is 316 g/mol. The van der Waals surface area contributed by atoms with Gasteiger partial charge in [0.05, 0.1) is 6.04 Å². The van der Waals surface area contributed by atoms with Crippen LogP contribution in [0.4, 0.5) is 0 Å². The van der Waals surface area contributed by atoms with Gasteiger partial charge in [0.1, 0.15) is 0 Å². The fourth-order valence-electron chi connectivity index (χ4n) is 4.42. The molecule has 1 heterocycles. The van der Waals surface area contributed by atoms with E-state index in [1.807, 2.05) is 18.2 Å². The number of piperidine rings is 1. The van der Waals surface area contributed by atoms with E-state index >= 15 is 0 Å². The van der Waals surface area contributed by atoms with E-state index in [0.717, 1.165) is 18.4 Å². The summed E-state index contributed by atoms with van der Waals surface area (Å²) in [5.41, 5.74) is 2.33. The summed E-state index contributed by atoms with van der Waals surface area (Å²) in [6, 6.07) is 7.99. The molecule has 3 unspecified atom stereocenters. The van der Waals surface area contributed by atoms with Gasteiger partial charge in [-0.3, -0.25) is 9.59 Å². The number of aliphatic hydroxyl groups is 1. The first kappa shape index (κ1) is 17.9. The van der Waals surface area contributed by atoms with Crippen LogP contribution >= 0.6 is 0 Å². The van der Waals surface area contributed by atoms with Gasteiger partial charge in [-0.15, -0.1) is 0 Å². The highest BCUT2D eigenvalue weighted by molar-refractivity contribution is 6.35. The zero-order valence-corrected chi connectivity index (χ0v) is 15.3. The van der Waals surface area contributed by atoms with Crippen LogP contribution in [0.3, 0.4) is 0 Å². The van der Waals surface area contributed by atoms with Crippen molar-refractivity contribution in [3.63, 3.8) is 0 Å². The monoisotopic (exact) mass is 344 g/mol. The van der Waals surface area contributed by atoms with Crippen molar-refractivity contribution in [2.24, 2.45) is 11.8 Å². The minimum atomic E-state index is -0.539. The number of carbonyl (C=O) groups excluding carboxylic acids is 2. The van der Waals surface area contributed by atoms with E-state index < -0.39 is 11.8 Å². The molecule has 2 N–H and O–H groups in total. The lowest BCUT2D eigenvalue weighted by atomic mass is 9.86. The number of benzene rings is 1. The zero-order chi connectivity index (χ0) is 18.2. The second kappa shape index (κ2) is 6.79. The van der Waals surface area contributed by atoms with Crippen molar-refractivity contribution in [2.45, 2.75) is 45.1 Å². The van der Waals surface area contributed by atoms with E-state index in [-0.39, 0.29) is 24.0 Å². The van der Waals surface area contributed by atoms with E-state index in [1.165, 1.54) is 5.56 Å². The summed E-state index contributed by atoms with van der Waals surface area (Å²) in [4.78, 5) is 26.7. The van der Waals surface area contributed by atoms with Gasteiger partial charge in [0.15, 0.2) is 0 Å². The Morgan fingerprint density at radius 2 is 2.00 bits per heavy atom. The molecule has 1 aromatic rings. The molecule has 5 heteroatoms. The number of rotatable bonds is 2. The number of amides is 2. The minimum Gasteiger partial charge on any atom is -0.396 e. The average molecular weight is 344 g/mol. The minimum absolute atomic E-state index is 0.0147. The third-order valence-electron chi connectivity index (χ3n) is 5.57. The summed E-state index contributed by atoms with van der Waals surface area (Å²) in [5, 5.41) is 12.3. The first-order valence-electron chi connectivity index (χ1n) is 9.12. The second-order valence-corrected chi connectivity index (χ2v) is 8.30. The molecule has 3 rings (SSSR count). The van der Waals surface area contributed by atoms with Crippen LogP contribution in [0.1, 0.15) is 50.8 Å². The number of nitrogens with one attached hydrogen (secondary N) is 1. The Balaban J connectivity index is 1.69. The fourth-order valence-corrected chi connectivity index (χ4v) is 4.42. The molecule has 0 saturated carbocycles. The first-order valence-corrected chi connectivity index (χ1v) is 9.12. The van der Waals surface area contributed by atoms with E-state index in [9.17, 15) is 14.7 Å². The maximum Gasteiger partial charge on any atom is 0.311 e. The lowest BCUT2D eigenvalue weighted by Gasteiger charge is -2.35. The number of aliphatic hydroxyl groups excluding tert-OH is 1. The van der Waals surface area contributed by atoms with Gasteiger partial charge >= 0.3 is 11.8 Å². The normalized spacial score (nSPS) is 27.7. The van der Waals surface area contributed by atoms with Crippen LogP contribution in [-0.2, 0) is 15.0 Å². The van der Waals surface area contributed by atoms with Crippen molar-refractivity contribution in [2.75, 3.05) is 19.7 Å². The Hall–Kier alpha value is -1.88. The molecule has 1 aromatic carbocycles. The van der Waals surface area contributed by atoms with Crippen molar-refractivity contribution in [1.29, 1.82) is 0 Å². The number of hydrogen-bond donors (Lipinski definition) is 2. The van der Waals surface area contributed by atoms with Crippen LogP contribution in [-0.4, -0.2) is 41.5 Å². The summed E-state index contributed by atoms with van der Waals surface area (Å²) in [5.74, 6) is -0.657. The van der Waals surface area contributed by atoms with Crippen molar-refractivity contribution in [1.82, 2.24) is 10.2 Å². The van der Waals surface area contributed by atoms with Gasteiger partial charge in [0, 0.05) is 19.7 Å². The average Bonchev–Trinajstić information content (AvgIpc) is 2.84. The van der Waals surface area contributed by atoms with Crippen molar-refractivity contribution in [3.8, 4) is 0 Å².